The molecule has 0 amide bonds. The van der Waals surface area contributed by atoms with Gasteiger partial charge in [0.15, 0.2) is 11.5 Å². The number of benzene rings is 1. The first-order valence-corrected chi connectivity index (χ1v) is 13.4. The molecule has 0 heterocycles. The van der Waals surface area contributed by atoms with Crippen LogP contribution in [-0.2, 0) is 24.6 Å². The van der Waals surface area contributed by atoms with Crippen molar-refractivity contribution in [1.29, 1.82) is 0 Å². The SMILES string of the molecule is CCCCOc1cc([N+](=O)[O-])c(COCCCC[Si](OCC)(OCC)OCC)cc1OC. The van der Waals surface area contributed by atoms with E-state index in [-0.39, 0.29) is 12.3 Å². The van der Waals surface area contributed by atoms with Crippen LogP contribution in [0.4, 0.5) is 5.69 Å². The van der Waals surface area contributed by atoms with Crippen LogP contribution in [0, 0.1) is 10.1 Å². The van der Waals surface area contributed by atoms with Crippen LogP contribution in [-0.4, -0.2) is 53.9 Å². The molecule has 1 rings (SSSR count). The average molecular weight is 474 g/mol. The lowest BCUT2D eigenvalue weighted by atomic mass is 10.1. The van der Waals surface area contributed by atoms with Crippen LogP contribution in [0.25, 0.3) is 0 Å². The quantitative estimate of drug-likeness (QED) is 0.118. The molecular formula is C22H39NO8Si. The molecule has 0 spiro atoms. The first-order valence-electron chi connectivity index (χ1n) is 11.4. The van der Waals surface area contributed by atoms with Crippen LogP contribution in [0.2, 0.25) is 6.04 Å². The summed E-state index contributed by atoms with van der Waals surface area (Å²) in [6.45, 7) is 10.6. The van der Waals surface area contributed by atoms with Crippen LogP contribution in [0.15, 0.2) is 12.1 Å². The van der Waals surface area contributed by atoms with E-state index in [0.717, 1.165) is 25.7 Å². The van der Waals surface area contributed by atoms with Gasteiger partial charge in [-0.25, -0.2) is 0 Å². The normalized spacial score (nSPS) is 11.5. The zero-order valence-corrected chi connectivity index (χ0v) is 21.1. The zero-order chi connectivity index (χ0) is 23.8. The van der Waals surface area contributed by atoms with E-state index < -0.39 is 13.7 Å². The lowest BCUT2D eigenvalue weighted by Gasteiger charge is -2.28. The lowest BCUT2D eigenvalue weighted by Crippen LogP contribution is -2.45. The van der Waals surface area contributed by atoms with Crippen LogP contribution in [0.5, 0.6) is 11.5 Å². The van der Waals surface area contributed by atoms with Gasteiger partial charge in [0, 0.05) is 32.5 Å². The zero-order valence-electron chi connectivity index (χ0n) is 20.1. The number of unbranched alkanes of at least 4 members (excludes halogenated alkanes) is 2. The van der Waals surface area contributed by atoms with E-state index in [1.807, 2.05) is 20.8 Å². The van der Waals surface area contributed by atoms with Crippen LogP contribution in [0.1, 0.15) is 58.9 Å². The number of nitrogens with zero attached hydrogens (tertiary/aromatic N) is 1. The van der Waals surface area contributed by atoms with Gasteiger partial charge in [-0.2, -0.15) is 0 Å². The van der Waals surface area contributed by atoms with Crippen molar-refractivity contribution in [2.75, 3.05) is 40.1 Å². The van der Waals surface area contributed by atoms with Crippen LogP contribution >= 0.6 is 0 Å². The Morgan fingerprint density at radius 3 is 2.09 bits per heavy atom. The first-order chi connectivity index (χ1) is 15.5. The Hall–Kier alpha value is -1.72. The van der Waals surface area contributed by atoms with E-state index in [0.29, 0.717) is 56.1 Å². The lowest BCUT2D eigenvalue weighted by molar-refractivity contribution is -0.386. The molecule has 10 heteroatoms. The molecule has 0 aromatic heterocycles. The van der Waals surface area contributed by atoms with E-state index in [2.05, 4.69) is 6.92 Å². The van der Waals surface area contributed by atoms with Crippen molar-refractivity contribution < 1.29 is 32.4 Å². The highest BCUT2D eigenvalue weighted by atomic mass is 28.4. The predicted octanol–water partition coefficient (Wildman–Crippen LogP) is 5.13. The Balaban J connectivity index is 2.66. The van der Waals surface area contributed by atoms with Gasteiger partial charge in [0.1, 0.15) is 0 Å². The van der Waals surface area contributed by atoms with Crippen molar-refractivity contribution in [2.24, 2.45) is 0 Å². The van der Waals surface area contributed by atoms with Crippen LogP contribution in [0.3, 0.4) is 0 Å². The third-order valence-electron chi connectivity index (χ3n) is 4.69. The molecule has 0 unspecified atom stereocenters. The maximum Gasteiger partial charge on any atom is 0.500 e. The van der Waals surface area contributed by atoms with Gasteiger partial charge in [0.25, 0.3) is 5.69 Å². The standard InChI is InChI=1S/C22H39NO8Si/c1-6-10-14-28-22-17-20(23(24)25)19(16-21(22)26-5)18-27-13-11-12-15-32(29-7-2,30-8-3)31-9-4/h16-17H,6-15,18H2,1-5H3. The summed E-state index contributed by atoms with van der Waals surface area (Å²) in [6.07, 6.45) is 3.43. The van der Waals surface area contributed by atoms with Gasteiger partial charge in [-0.1, -0.05) is 13.3 Å². The Kier molecular flexibility index (Phi) is 14.1. The van der Waals surface area contributed by atoms with E-state index >= 15 is 0 Å². The van der Waals surface area contributed by atoms with Crippen molar-refractivity contribution in [3.05, 3.63) is 27.8 Å². The fourth-order valence-electron chi connectivity index (χ4n) is 3.20. The summed E-state index contributed by atoms with van der Waals surface area (Å²) < 4.78 is 34.3. The van der Waals surface area contributed by atoms with Gasteiger partial charge in [0.2, 0.25) is 0 Å². The smallest absolute Gasteiger partial charge is 0.493 e. The predicted molar refractivity (Wildman–Crippen MR) is 124 cm³/mol. The maximum absolute atomic E-state index is 11.6. The first kappa shape index (κ1) is 28.3. The second-order valence-corrected chi connectivity index (χ2v) is 9.81. The van der Waals surface area contributed by atoms with Gasteiger partial charge in [-0.05, 0) is 46.1 Å². The molecule has 0 saturated carbocycles. The van der Waals surface area contributed by atoms with Gasteiger partial charge in [-0.15, -0.1) is 0 Å². The minimum absolute atomic E-state index is 0.0345. The molecule has 32 heavy (non-hydrogen) atoms. The molecule has 0 aliphatic carbocycles. The van der Waals surface area contributed by atoms with Gasteiger partial charge in [0.05, 0.1) is 36.9 Å². The summed E-state index contributed by atoms with van der Waals surface area (Å²) >= 11 is 0. The molecule has 0 aliphatic rings. The van der Waals surface area contributed by atoms with E-state index in [1.54, 1.807) is 6.07 Å². The van der Waals surface area contributed by atoms with E-state index in [9.17, 15) is 10.1 Å². The maximum atomic E-state index is 11.6. The molecule has 0 aliphatic heterocycles. The number of nitro benzene ring substituents is 1. The summed E-state index contributed by atoms with van der Waals surface area (Å²) in [5, 5.41) is 11.6. The molecule has 0 bridgehead atoms. The van der Waals surface area contributed by atoms with Crippen molar-refractivity contribution in [3.8, 4) is 11.5 Å². The fourth-order valence-corrected chi connectivity index (χ4v) is 5.89. The Bertz CT molecular complexity index is 657. The fraction of sp³-hybridized carbons (Fsp3) is 0.727. The van der Waals surface area contributed by atoms with Crippen molar-refractivity contribution in [2.45, 2.75) is 66.0 Å². The third-order valence-corrected chi connectivity index (χ3v) is 7.84. The van der Waals surface area contributed by atoms with Crippen molar-refractivity contribution in [1.82, 2.24) is 0 Å². The molecule has 0 radical (unpaired) electrons. The van der Waals surface area contributed by atoms with Gasteiger partial charge >= 0.3 is 8.80 Å². The second kappa shape index (κ2) is 16.0. The number of rotatable bonds is 19. The second-order valence-electron chi connectivity index (χ2n) is 7.08. The molecule has 0 fully saturated rings. The monoisotopic (exact) mass is 473 g/mol. The largest absolute Gasteiger partial charge is 0.500 e. The molecule has 184 valence electrons. The molecule has 0 saturated heterocycles. The summed E-state index contributed by atoms with van der Waals surface area (Å²) in [4.78, 5) is 11.1. The Morgan fingerprint density at radius 2 is 1.56 bits per heavy atom. The summed E-state index contributed by atoms with van der Waals surface area (Å²) in [5.74, 6) is 0.840. The number of hydrogen-bond acceptors (Lipinski definition) is 8. The topological polar surface area (TPSA) is 98.5 Å². The summed E-state index contributed by atoms with van der Waals surface area (Å²) in [6, 6.07) is 3.75. The molecule has 0 N–H and O–H groups in total. The highest BCUT2D eigenvalue weighted by molar-refractivity contribution is 6.60. The minimum atomic E-state index is -2.65. The minimum Gasteiger partial charge on any atom is -0.493 e. The molecule has 9 nitrogen and oxygen atoms in total. The summed E-state index contributed by atoms with van der Waals surface area (Å²) in [5.41, 5.74) is 0.420. The average Bonchev–Trinajstić information content (AvgIpc) is 2.77. The van der Waals surface area contributed by atoms with Gasteiger partial charge in [-0.3, -0.25) is 10.1 Å². The Morgan fingerprint density at radius 1 is 0.906 bits per heavy atom. The van der Waals surface area contributed by atoms with E-state index in [4.69, 9.17) is 27.5 Å². The molecular weight excluding hydrogens is 434 g/mol. The van der Waals surface area contributed by atoms with Gasteiger partial charge < -0.3 is 27.5 Å². The van der Waals surface area contributed by atoms with Crippen molar-refractivity contribution in [3.63, 3.8) is 0 Å². The number of hydrogen-bond donors (Lipinski definition) is 0. The number of ether oxygens (including phenoxy) is 3. The third kappa shape index (κ3) is 9.41. The Labute approximate surface area is 192 Å². The molecule has 1 aromatic carbocycles. The van der Waals surface area contributed by atoms with Crippen LogP contribution < -0.4 is 9.47 Å². The van der Waals surface area contributed by atoms with Crippen molar-refractivity contribution >= 4 is 14.5 Å². The number of methoxy groups -OCH3 is 1. The highest BCUT2D eigenvalue weighted by Crippen LogP contribution is 2.35. The highest BCUT2D eigenvalue weighted by Gasteiger charge is 2.39. The molecule has 0 atom stereocenters. The number of nitro groups is 1. The molecule has 1 aromatic rings. The summed E-state index contributed by atoms with van der Waals surface area (Å²) in [7, 11) is -1.13. The van der Waals surface area contributed by atoms with E-state index in [1.165, 1.54) is 13.2 Å².